The smallest absolute Gasteiger partial charge is 0.184 e. The van der Waals surface area contributed by atoms with Crippen LogP contribution in [0.1, 0.15) is 13.8 Å². The first kappa shape index (κ1) is 7.56. The predicted molar refractivity (Wildman–Crippen MR) is 40.9 cm³/mol. The van der Waals surface area contributed by atoms with E-state index in [0.717, 1.165) is 0 Å². The third-order valence-electron chi connectivity index (χ3n) is 1.12. The Morgan fingerprint density at radius 2 is 1.78 bits per heavy atom. The Bertz CT molecular complexity index is 125. The Hall–Kier alpha value is 0.454. The Balaban J connectivity index is 2.44. The molecule has 52 valence electrons. The molecule has 0 aliphatic carbocycles. The van der Waals surface area contributed by atoms with Gasteiger partial charge in [0.1, 0.15) is 0 Å². The van der Waals surface area contributed by atoms with Crippen LogP contribution < -0.4 is 0 Å². The Morgan fingerprint density at radius 3 is 2.11 bits per heavy atom. The molecule has 0 radical (unpaired) electrons. The molecular formula is C3H10O3PSi2+. The Kier molecular flexibility index (Phi) is 2.18. The van der Waals surface area contributed by atoms with E-state index in [1.54, 1.807) is 0 Å². The molecule has 1 heterocycles. The van der Waals surface area contributed by atoms with Gasteiger partial charge in [0.15, 0.2) is 0 Å². The highest BCUT2D eigenvalue weighted by Crippen LogP contribution is 2.36. The Labute approximate surface area is 60.0 Å². The molecule has 0 aromatic heterocycles. The molecule has 1 aliphatic heterocycles. The highest BCUT2D eigenvalue weighted by atomic mass is 31.1. The maximum atomic E-state index is 10.5. The minimum absolute atomic E-state index is 0.309. The third-order valence-corrected chi connectivity index (χ3v) is 6.63. The minimum Gasteiger partial charge on any atom is -0.184 e. The van der Waals surface area contributed by atoms with Crippen molar-refractivity contribution >= 4 is 27.8 Å². The van der Waals surface area contributed by atoms with E-state index in [-0.39, 0.29) is 0 Å². The molecule has 1 aliphatic rings. The fraction of sp³-hybridized carbons (Fsp3) is 1.00. The fourth-order valence-electron chi connectivity index (χ4n) is 0.534. The molecule has 6 heteroatoms. The maximum Gasteiger partial charge on any atom is 0.671 e. The van der Waals surface area contributed by atoms with Crippen molar-refractivity contribution in [1.29, 1.82) is 0 Å². The monoisotopic (exact) mass is 181 g/mol. The second-order valence-electron chi connectivity index (χ2n) is 2.93. The molecule has 0 saturated carbocycles. The molecule has 9 heavy (non-hydrogen) atoms. The van der Waals surface area contributed by atoms with E-state index >= 15 is 0 Å². The lowest BCUT2D eigenvalue weighted by Crippen LogP contribution is -2.26. The molecule has 1 saturated heterocycles. The molecule has 0 N–H and O–H groups in total. The van der Waals surface area contributed by atoms with E-state index in [9.17, 15) is 4.57 Å². The molecule has 0 bridgehead atoms. The van der Waals surface area contributed by atoms with Crippen LogP contribution in [0.15, 0.2) is 0 Å². The summed E-state index contributed by atoms with van der Waals surface area (Å²) in [6.45, 7) is 4.27. The SMILES string of the molecule is CC1(C)[SiH2]O[P+](=O)O[SiH2]1. The van der Waals surface area contributed by atoms with Gasteiger partial charge >= 0.3 is 8.25 Å². The molecule has 0 aromatic carbocycles. The van der Waals surface area contributed by atoms with Crippen molar-refractivity contribution in [3.63, 3.8) is 0 Å². The third kappa shape index (κ3) is 2.27. The summed E-state index contributed by atoms with van der Waals surface area (Å²) < 4.78 is 20.7. The number of rotatable bonds is 0. The van der Waals surface area contributed by atoms with Crippen LogP contribution in [0.5, 0.6) is 0 Å². The lowest BCUT2D eigenvalue weighted by molar-refractivity contribution is 0.405. The average molecular weight is 181 g/mol. The molecule has 1 rings (SSSR count). The van der Waals surface area contributed by atoms with Crippen LogP contribution >= 0.6 is 8.25 Å². The van der Waals surface area contributed by atoms with E-state index in [4.69, 9.17) is 8.43 Å². The van der Waals surface area contributed by atoms with Crippen LogP contribution in [0, 0.1) is 0 Å². The van der Waals surface area contributed by atoms with Crippen molar-refractivity contribution in [3.05, 3.63) is 0 Å². The standard InChI is InChI=1S/C3H10O3PSi2/c1-3(2)8-5-7(4)6-9-3/h8-9H2,1-2H3/q+1. The van der Waals surface area contributed by atoms with Gasteiger partial charge in [0, 0.05) is 9.23 Å². The first-order valence-corrected chi connectivity index (χ1v) is 6.50. The zero-order valence-corrected chi connectivity index (χ0v) is 9.31. The van der Waals surface area contributed by atoms with Crippen LogP contribution in [0.25, 0.3) is 0 Å². The Morgan fingerprint density at radius 1 is 1.33 bits per heavy atom. The van der Waals surface area contributed by atoms with Crippen molar-refractivity contribution in [1.82, 2.24) is 0 Å². The summed E-state index contributed by atoms with van der Waals surface area (Å²) in [4.78, 5) is 0. The second-order valence-corrected chi connectivity index (χ2v) is 10.9. The molecule has 1 fully saturated rings. The molecule has 3 nitrogen and oxygen atoms in total. The summed E-state index contributed by atoms with van der Waals surface area (Å²) in [5.74, 6) is 0. The van der Waals surface area contributed by atoms with Crippen molar-refractivity contribution in [2.75, 3.05) is 0 Å². The summed E-state index contributed by atoms with van der Waals surface area (Å²) in [7, 11) is -2.79. The van der Waals surface area contributed by atoms with Crippen molar-refractivity contribution in [2.45, 2.75) is 18.5 Å². The van der Waals surface area contributed by atoms with E-state index in [2.05, 4.69) is 13.8 Å². The minimum atomic E-state index is -1.68. The lowest BCUT2D eigenvalue weighted by Gasteiger charge is -2.18. The van der Waals surface area contributed by atoms with Gasteiger partial charge in [0.25, 0.3) is 0 Å². The van der Waals surface area contributed by atoms with Crippen LogP contribution in [-0.2, 0) is 13.0 Å². The highest BCUT2D eigenvalue weighted by Gasteiger charge is 2.37. The van der Waals surface area contributed by atoms with Crippen molar-refractivity contribution in [2.24, 2.45) is 0 Å². The van der Waals surface area contributed by atoms with E-state index < -0.39 is 27.8 Å². The average Bonchev–Trinajstić information content (AvgIpc) is 1.78. The number of hydrogen-bond donors (Lipinski definition) is 0. The van der Waals surface area contributed by atoms with E-state index in [1.807, 2.05) is 0 Å². The first-order chi connectivity index (χ1) is 4.10. The predicted octanol–water partition coefficient (Wildman–Crippen LogP) is 0.0142. The van der Waals surface area contributed by atoms with Gasteiger partial charge in [0.05, 0.1) is 0 Å². The summed E-state index contributed by atoms with van der Waals surface area (Å²) in [6.07, 6.45) is 0. The van der Waals surface area contributed by atoms with Crippen LogP contribution in [0.3, 0.4) is 0 Å². The van der Waals surface area contributed by atoms with Gasteiger partial charge in [-0.25, -0.2) is 0 Å². The van der Waals surface area contributed by atoms with Crippen molar-refractivity contribution < 1.29 is 13.0 Å². The zero-order chi connectivity index (χ0) is 6.91. The van der Waals surface area contributed by atoms with Gasteiger partial charge in [-0.15, -0.1) is 0 Å². The zero-order valence-electron chi connectivity index (χ0n) is 5.59. The second kappa shape index (κ2) is 2.59. The molecule has 0 aromatic rings. The van der Waals surface area contributed by atoms with Crippen molar-refractivity contribution in [3.8, 4) is 0 Å². The van der Waals surface area contributed by atoms with Crippen LogP contribution in [-0.4, -0.2) is 19.5 Å². The lowest BCUT2D eigenvalue weighted by atomic mass is 10.5. The topological polar surface area (TPSA) is 35.5 Å². The summed E-state index contributed by atoms with van der Waals surface area (Å²) in [5, 5.41) is 0. The summed E-state index contributed by atoms with van der Waals surface area (Å²) in [5.41, 5.74) is 0. The summed E-state index contributed by atoms with van der Waals surface area (Å²) >= 11 is 0. The number of hydrogen-bond acceptors (Lipinski definition) is 3. The quantitative estimate of drug-likeness (QED) is 0.390. The van der Waals surface area contributed by atoms with Gasteiger partial charge in [-0.2, -0.15) is 8.43 Å². The first-order valence-electron chi connectivity index (χ1n) is 2.83. The van der Waals surface area contributed by atoms with Gasteiger partial charge in [-0.05, 0) is 0 Å². The highest BCUT2D eigenvalue weighted by molar-refractivity contribution is 7.37. The van der Waals surface area contributed by atoms with E-state index in [1.165, 1.54) is 0 Å². The van der Waals surface area contributed by atoms with E-state index in [0.29, 0.717) is 4.66 Å². The molecule has 0 unspecified atom stereocenters. The van der Waals surface area contributed by atoms with Gasteiger partial charge in [-0.1, -0.05) is 13.8 Å². The molecule has 0 spiro atoms. The van der Waals surface area contributed by atoms with Crippen LogP contribution in [0.2, 0.25) is 4.66 Å². The fourth-order valence-corrected chi connectivity index (χ4v) is 7.12. The largest absolute Gasteiger partial charge is 0.671 e. The molecule has 0 atom stereocenters. The van der Waals surface area contributed by atoms with Gasteiger partial charge in [-0.3, -0.25) is 0 Å². The van der Waals surface area contributed by atoms with Crippen LogP contribution in [0.4, 0.5) is 0 Å². The molecular weight excluding hydrogens is 171 g/mol. The van der Waals surface area contributed by atoms with Gasteiger partial charge in [0.2, 0.25) is 19.5 Å². The molecule has 0 amide bonds. The summed E-state index contributed by atoms with van der Waals surface area (Å²) in [6, 6.07) is 0. The van der Waals surface area contributed by atoms with Gasteiger partial charge < -0.3 is 0 Å². The normalized spacial score (nSPS) is 35.6. The maximum absolute atomic E-state index is 10.5.